The summed E-state index contributed by atoms with van der Waals surface area (Å²) in [5, 5.41) is 2.33. The molecule has 0 aromatic carbocycles. The Morgan fingerprint density at radius 2 is 1.63 bits per heavy atom. The standard InChI is InChI=1S/C14H20N2O3/c1-12(2)8(13(12,3)4)7-16-10(18)14(5-6-14)9(17)15-11(16)19/h8H,5-7H2,1-4H3,(H,15,17,19). The summed E-state index contributed by atoms with van der Waals surface area (Å²) in [4.78, 5) is 37.2. The van der Waals surface area contributed by atoms with Gasteiger partial charge in [0, 0.05) is 6.54 Å². The molecular formula is C14H20N2O3. The molecule has 0 radical (unpaired) electrons. The zero-order valence-corrected chi connectivity index (χ0v) is 11.9. The smallest absolute Gasteiger partial charge is 0.277 e. The first-order chi connectivity index (χ1) is 8.64. The van der Waals surface area contributed by atoms with Crippen molar-refractivity contribution in [1.82, 2.24) is 10.2 Å². The highest BCUT2D eigenvalue weighted by Crippen LogP contribution is 2.68. The minimum atomic E-state index is -0.920. The first kappa shape index (κ1) is 12.6. The zero-order valence-electron chi connectivity index (χ0n) is 11.9. The van der Waals surface area contributed by atoms with Crippen LogP contribution in [0, 0.1) is 22.2 Å². The summed E-state index contributed by atoms with van der Waals surface area (Å²) in [6.07, 6.45) is 1.14. The van der Waals surface area contributed by atoms with Crippen LogP contribution in [0.4, 0.5) is 4.79 Å². The molecule has 0 aromatic rings. The Morgan fingerprint density at radius 1 is 1.11 bits per heavy atom. The van der Waals surface area contributed by atoms with Crippen LogP contribution in [0.25, 0.3) is 0 Å². The van der Waals surface area contributed by atoms with Gasteiger partial charge in [-0.3, -0.25) is 19.8 Å². The van der Waals surface area contributed by atoms with Crippen LogP contribution in [0.1, 0.15) is 40.5 Å². The molecule has 0 bridgehead atoms. The Morgan fingerprint density at radius 3 is 2.05 bits per heavy atom. The maximum atomic E-state index is 12.4. The molecule has 0 atom stereocenters. The Labute approximate surface area is 112 Å². The van der Waals surface area contributed by atoms with Gasteiger partial charge >= 0.3 is 6.03 Å². The molecule has 3 aliphatic rings. The van der Waals surface area contributed by atoms with E-state index in [2.05, 4.69) is 33.0 Å². The Hall–Kier alpha value is -1.39. The van der Waals surface area contributed by atoms with Crippen LogP contribution in [-0.4, -0.2) is 29.3 Å². The summed E-state index contributed by atoms with van der Waals surface area (Å²) in [7, 11) is 0. The van der Waals surface area contributed by atoms with Crippen molar-refractivity contribution < 1.29 is 14.4 Å². The molecule has 2 aliphatic carbocycles. The normalized spacial score (nSPS) is 30.5. The molecule has 2 saturated carbocycles. The molecule has 4 amide bonds. The van der Waals surface area contributed by atoms with Crippen LogP contribution in [0.2, 0.25) is 0 Å². The molecule has 3 fully saturated rings. The topological polar surface area (TPSA) is 66.5 Å². The van der Waals surface area contributed by atoms with E-state index in [1.807, 2.05) is 0 Å². The van der Waals surface area contributed by atoms with E-state index in [9.17, 15) is 14.4 Å². The maximum absolute atomic E-state index is 12.4. The van der Waals surface area contributed by atoms with Crippen molar-refractivity contribution in [3.8, 4) is 0 Å². The van der Waals surface area contributed by atoms with E-state index < -0.39 is 17.4 Å². The summed E-state index contributed by atoms with van der Waals surface area (Å²) in [6, 6.07) is -0.550. The van der Waals surface area contributed by atoms with E-state index in [0.29, 0.717) is 25.3 Å². The van der Waals surface area contributed by atoms with Gasteiger partial charge in [0.25, 0.3) is 0 Å². The fourth-order valence-electron chi connectivity index (χ4n) is 3.44. The molecule has 0 aromatic heterocycles. The van der Waals surface area contributed by atoms with Crippen LogP contribution >= 0.6 is 0 Å². The number of hydrogen-bond acceptors (Lipinski definition) is 3. The number of carbonyl (C=O) groups is 3. The quantitative estimate of drug-likeness (QED) is 0.769. The van der Waals surface area contributed by atoms with Crippen LogP contribution in [0.3, 0.4) is 0 Å². The summed E-state index contributed by atoms with van der Waals surface area (Å²) in [5.41, 5.74) is -0.686. The van der Waals surface area contributed by atoms with Crippen LogP contribution in [0.15, 0.2) is 0 Å². The third-order valence-corrected chi connectivity index (χ3v) is 5.99. The maximum Gasteiger partial charge on any atom is 0.330 e. The number of carbonyl (C=O) groups excluding carboxylic acids is 3. The zero-order chi connectivity index (χ0) is 14.2. The molecule has 104 valence electrons. The molecule has 0 unspecified atom stereocenters. The largest absolute Gasteiger partial charge is 0.330 e. The first-order valence-corrected chi connectivity index (χ1v) is 6.82. The fourth-order valence-corrected chi connectivity index (χ4v) is 3.44. The number of nitrogens with zero attached hydrogens (tertiary/aromatic N) is 1. The number of barbiturate groups is 1. The molecular weight excluding hydrogens is 244 g/mol. The van der Waals surface area contributed by atoms with Crippen molar-refractivity contribution >= 4 is 17.8 Å². The van der Waals surface area contributed by atoms with E-state index in [0.717, 1.165) is 0 Å². The minimum absolute atomic E-state index is 0.117. The van der Waals surface area contributed by atoms with Gasteiger partial charge in [-0.1, -0.05) is 27.7 Å². The number of rotatable bonds is 2. The molecule has 5 nitrogen and oxygen atoms in total. The third kappa shape index (κ3) is 1.38. The van der Waals surface area contributed by atoms with Crippen LogP contribution < -0.4 is 5.32 Å². The number of urea groups is 1. The molecule has 5 heteroatoms. The number of hydrogen-bond donors (Lipinski definition) is 1. The number of nitrogens with one attached hydrogen (secondary N) is 1. The van der Waals surface area contributed by atoms with Crippen molar-refractivity contribution in [1.29, 1.82) is 0 Å². The fraction of sp³-hybridized carbons (Fsp3) is 0.786. The van der Waals surface area contributed by atoms with E-state index in [1.165, 1.54) is 4.90 Å². The molecule has 1 heterocycles. The Balaban J connectivity index is 1.80. The summed E-state index contributed by atoms with van der Waals surface area (Å²) < 4.78 is 0. The van der Waals surface area contributed by atoms with Gasteiger partial charge in [-0.25, -0.2) is 4.79 Å². The van der Waals surface area contributed by atoms with Gasteiger partial charge in [0.05, 0.1) is 0 Å². The average Bonchev–Trinajstić information content (AvgIpc) is 3.14. The van der Waals surface area contributed by atoms with Crippen molar-refractivity contribution in [2.45, 2.75) is 40.5 Å². The van der Waals surface area contributed by atoms with Gasteiger partial charge in [0.1, 0.15) is 5.41 Å². The predicted octanol–water partition coefficient (Wildman–Crippen LogP) is 1.53. The summed E-state index contributed by atoms with van der Waals surface area (Å²) in [6.45, 7) is 9.04. The van der Waals surface area contributed by atoms with Crippen LogP contribution in [0.5, 0.6) is 0 Å². The van der Waals surface area contributed by atoms with Gasteiger partial charge in [-0.2, -0.15) is 0 Å². The number of amides is 4. The predicted molar refractivity (Wildman–Crippen MR) is 68.0 cm³/mol. The first-order valence-electron chi connectivity index (χ1n) is 6.82. The molecule has 1 aliphatic heterocycles. The van der Waals surface area contributed by atoms with Crippen molar-refractivity contribution in [2.75, 3.05) is 6.54 Å². The highest BCUT2D eigenvalue weighted by Gasteiger charge is 2.67. The third-order valence-electron chi connectivity index (χ3n) is 5.99. The van der Waals surface area contributed by atoms with Crippen molar-refractivity contribution in [3.05, 3.63) is 0 Å². The van der Waals surface area contributed by atoms with Crippen molar-refractivity contribution in [3.63, 3.8) is 0 Å². The molecule has 3 rings (SSSR count). The van der Waals surface area contributed by atoms with E-state index >= 15 is 0 Å². The molecule has 1 spiro atoms. The minimum Gasteiger partial charge on any atom is -0.277 e. The lowest BCUT2D eigenvalue weighted by Gasteiger charge is -2.30. The highest BCUT2D eigenvalue weighted by atomic mass is 16.2. The van der Waals surface area contributed by atoms with E-state index in [-0.39, 0.29) is 16.7 Å². The van der Waals surface area contributed by atoms with Crippen molar-refractivity contribution in [2.24, 2.45) is 22.2 Å². The van der Waals surface area contributed by atoms with Crippen LogP contribution in [-0.2, 0) is 9.59 Å². The van der Waals surface area contributed by atoms with Gasteiger partial charge in [-0.05, 0) is 29.6 Å². The highest BCUT2D eigenvalue weighted by molar-refractivity contribution is 6.20. The van der Waals surface area contributed by atoms with Gasteiger partial charge in [0.15, 0.2) is 0 Å². The molecule has 1 N–H and O–H groups in total. The summed E-state index contributed by atoms with van der Waals surface area (Å²) >= 11 is 0. The average molecular weight is 264 g/mol. The molecule has 19 heavy (non-hydrogen) atoms. The van der Waals surface area contributed by atoms with E-state index in [1.54, 1.807) is 0 Å². The monoisotopic (exact) mass is 264 g/mol. The second-order valence-electron chi connectivity index (χ2n) is 7.25. The SMILES string of the molecule is CC1(C)C(CN2C(=O)NC(=O)C3(CC3)C2=O)C1(C)C. The number of imide groups is 2. The second-order valence-corrected chi connectivity index (χ2v) is 7.25. The summed E-state index contributed by atoms with van der Waals surface area (Å²) in [5.74, 6) is -0.411. The lowest BCUT2D eigenvalue weighted by Crippen LogP contribution is -2.59. The van der Waals surface area contributed by atoms with Gasteiger partial charge in [-0.15, -0.1) is 0 Å². The Bertz CT molecular complexity index is 489. The van der Waals surface area contributed by atoms with Gasteiger partial charge in [0.2, 0.25) is 11.8 Å². The lowest BCUT2D eigenvalue weighted by atomic mass is 10.0. The Kier molecular flexibility index (Phi) is 2.12. The van der Waals surface area contributed by atoms with Gasteiger partial charge < -0.3 is 0 Å². The lowest BCUT2D eigenvalue weighted by molar-refractivity contribution is -0.144. The second kappa shape index (κ2) is 3.19. The van der Waals surface area contributed by atoms with E-state index in [4.69, 9.17) is 0 Å². The molecule has 1 saturated heterocycles.